The Labute approximate surface area is 142 Å². The average Bonchev–Trinajstić information content (AvgIpc) is 2.52. The number of hydrogen-bond acceptors (Lipinski definition) is 2. The lowest BCUT2D eigenvalue weighted by atomic mass is 9.95. The average molecular weight is 319 g/mol. The molecule has 0 aromatic heterocycles. The van der Waals surface area contributed by atoms with E-state index in [4.69, 9.17) is 4.74 Å². The first-order chi connectivity index (χ1) is 11.0. The van der Waals surface area contributed by atoms with Gasteiger partial charge in [0.2, 0.25) is 0 Å². The van der Waals surface area contributed by atoms with E-state index < -0.39 is 0 Å². The summed E-state index contributed by atoms with van der Waals surface area (Å²) in [7, 11) is 0. The van der Waals surface area contributed by atoms with Gasteiger partial charge in [0.15, 0.2) is 0 Å². The van der Waals surface area contributed by atoms with Gasteiger partial charge in [0.25, 0.3) is 0 Å². The van der Waals surface area contributed by atoms with E-state index >= 15 is 0 Å². The van der Waals surface area contributed by atoms with Crippen molar-refractivity contribution >= 4 is 5.97 Å². The molecule has 0 saturated heterocycles. The fraction of sp³-hybridized carbons (Fsp3) is 0.667. The zero-order valence-corrected chi connectivity index (χ0v) is 15.4. The van der Waals surface area contributed by atoms with Crippen molar-refractivity contribution in [3.8, 4) is 0 Å². The Kier molecular flexibility index (Phi) is 9.66. The van der Waals surface area contributed by atoms with Crippen LogP contribution >= 0.6 is 0 Å². The topological polar surface area (TPSA) is 26.3 Å². The van der Waals surface area contributed by atoms with Gasteiger partial charge in [-0.25, -0.2) is 0 Å². The Morgan fingerprint density at radius 3 is 2.43 bits per heavy atom. The van der Waals surface area contributed by atoms with Gasteiger partial charge < -0.3 is 4.74 Å². The molecule has 0 saturated carbocycles. The third-order valence-electron chi connectivity index (χ3n) is 4.19. The number of ether oxygens (including phenoxy) is 1. The molecule has 0 fully saturated rings. The minimum absolute atomic E-state index is 0.0970. The van der Waals surface area contributed by atoms with Gasteiger partial charge in [-0.2, -0.15) is 0 Å². The monoisotopic (exact) mass is 318 g/mol. The molecule has 2 heteroatoms. The third-order valence-corrected chi connectivity index (χ3v) is 4.19. The second kappa shape index (κ2) is 11.3. The molecular formula is C21H34O2. The van der Waals surface area contributed by atoms with Crippen molar-refractivity contribution in [1.82, 2.24) is 0 Å². The molecule has 2 nitrogen and oxygen atoms in total. The third kappa shape index (κ3) is 8.20. The zero-order valence-electron chi connectivity index (χ0n) is 15.4. The second-order valence-corrected chi connectivity index (χ2v) is 7.00. The smallest absolute Gasteiger partial charge is 0.313 e. The molecule has 130 valence electrons. The highest BCUT2D eigenvalue weighted by Gasteiger charge is 2.17. The number of unbranched alkanes of at least 4 members (excludes halogenated alkanes) is 5. The Morgan fingerprint density at radius 2 is 1.74 bits per heavy atom. The van der Waals surface area contributed by atoms with E-state index in [0.29, 0.717) is 12.5 Å². The molecule has 1 atom stereocenters. The van der Waals surface area contributed by atoms with Crippen molar-refractivity contribution in [2.24, 2.45) is 5.92 Å². The fourth-order valence-corrected chi connectivity index (χ4v) is 2.78. The molecule has 0 bridgehead atoms. The molecule has 0 spiro atoms. The summed E-state index contributed by atoms with van der Waals surface area (Å²) >= 11 is 0. The first-order valence-electron chi connectivity index (χ1n) is 9.30. The van der Waals surface area contributed by atoms with Crippen LogP contribution in [0.3, 0.4) is 0 Å². The largest absolute Gasteiger partial charge is 0.465 e. The van der Waals surface area contributed by atoms with Gasteiger partial charge in [-0.1, -0.05) is 77.1 Å². The number of carbonyl (C=O) groups is 1. The molecule has 0 radical (unpaired) electrons. The molecule has 0 amide bonds. The summed E-state index contributed by atoms with van der Waals surface area (Å²) in [5, 5.41) is 0. The van der Waals surface area contributed by atoms with Gasteiger partial charge in [-0.3, -0.25) is 4.79 Å². The quantitative estimate of drug-likeness (QED) is 0.375. The van der Waals surface area contributed by atoms with Crippen molar-refractivity contribution in [3.63, 3.8) is 0 Å². The highest BCUT2D eigenvalue weighted by molar-refractivity contribution is 5.77. The van der Waals surface area contributed by atoms with Crippen molar-refractivity contribution < 1.29 is 9.53 Å². The van der Waals surface area contributed by atoms with E-state index in [-0.39, 0.29) is 11.9 Å². The fourth-order valence-electron chi connectivity index (χ4n) is 2.78. The van der Waals surface area contributed by atoms with Crippen LogP contribution in [0.4, 0.5) is 0 Å². The summed E-state index contributed by atoms with van der Waals surface area (Å²) in [4.78, 5) is 12.2. The Morgan fingerprint density at radius 1 is 1.04 bits per heavy atom. The molecule has 0 heterocycles. The molecule has 0 aliphatic rings. The van der Waals surface area contributed by atoms with E-state index in [1.165, 1.54) is 31.2 Å². The summed E-state index contributed by atoms with van der Waals surface area (Å²) in [5.74, 6) is 0.350. The van der Waals surface area contributed by atoms with Crippen LogP contribution < -0.4 is 0 Å². The van der Waals surface area contributed by atoms with Crippen molar-refractivity contribution in [2.45, 2.75) is 78.6 Å². The lowest BCUT2D eigenvalue weighted by molar-refractivity contribution is -0.145. The van der Waals surface area contributed by atoms with Gasteiger partial charge in [-0.15, -0.1) is 0 Å². The predicted molar refractivity (Wildman–Crippen MR) is 97.7 cm³/mol. The number of rotatable bonds is 11. The summed E-state index contributed by atoms with van der Waals surface area (Å²) in [5.41, 5.74) is 2.36. The minimum atomic E-state index is -0.179. The second-order valence-electron chi connectivity index (χ2n) is 7.00. The van der Waals surface area contributed by atoms with E-state index in [9.17, 15) is 4.79 Å². The standard InChI is InChI=1S/C21H34O2/c1-5-6-7-8-9-10-14-23-21(22)18(4)20-13-11-12-19(16-20)15-17(2)3/h11-13,16-18H,5-10,14-15H2,1-4H3. The molecule has 1 aromatic rings. The highest BCUT2D eigenvalue weighted by Crippen LogP contribution is 2.20. The van der Waals surface area contributed by atoms with Gasteiger partial charge in [0.1, 0.15) is 0 Å². The van der Waals surface area contributed by atoms with Crippen molar-refractivity contribution in [2.75, 3.05) is 6.61 Å². The molecule has 1 unspecified atom stereocenters. The van der Waals surface area contributed by atoms with Gasteiger partial charge in [0, 0.05) is 0 Å². The molecule has 23 heavy (non-hydrogen) atoms. The van der Waals surface area contributed by atoms with Crippen molar-refractivity contribution in [1.29, 1.82) is 0 Å². The Bertz CT molecular complexity index is 451. The predicted octanol–water partition coefficient (Wildman–Crippen LogP) is 5.89. The maximum absolute atomic E-state index is 12.2. The van der Waals surface area contributed by atoms with E-state index in [2.05, 4.69) is 32.9 Å². The van der Waals surface area contributed by atoms with Gasteiger partial charge in [0.05, 0.1) is 12.5 Å². The normalized spacial score (nSPS) is 12.4. The molecule has 0 aliphatic carbocycles. The lowest BCUT2D eigenvalue weighted by Gasteiger charge is -2.14. The maximum Gasteiger partial charge on any atom is 0.313 e. The molecule has 1 aromatic carbocycles. The zero-order chi connectivity index (χ0) is 17.1. The van der Waals surface area contributed by atoms with Crippen LogP contribution in [-0.4, -0.2) is 12.6 Å². The Hall–Kier alpha value is -1.31. The molecule has 0 N–H and O–H groups in total. The van der Waals surface area contributed by atoms with Gasteiger partial charge >= 0.3 is 5.97 Å². The summed E-state index contributed by atoms with van der Waals surface area (Å²) < 4.78 is 5.45. The van der Waals surface area contributed by atoms with Crippen molar-refractivity contribution in [3.05, 3.63) is 35.4 Å². The molecule has 1 rings (SSSR count). The summed E-state index contributed by atoms with van der Waals surface area (Å²) in [6, 6.07) is 8.36. The minimum Gasteiger partial charge on any atom is -0.465 e. The first kappa shape index (κ1) is 19.7. The SMILES string of the molecule is CCCCCCCCOC(=O)C(C)c1cccc(CC(C)C)c1. The van der Waals surface area contributed by atoms with Crippen LogP contribution in [0.15, 0.2) is 24.3 Å². The number of hydrogen-bond donors (Lipinski definition) is 0. The van der Waals surface area contributed by atoms with Crippen LogP contribution in [0.25, 0.3) is 0 Å². The molecular weight excluding hydrogens is 284 g/mol. The number of esters is 1. The molecule has 0 aliphatic heterocycles. The van der Waals surface area contributed by atoms with Crippen LogP contribution in [0, 0.1) is 5.92 Å². The van der Waals surface area contributed by atoms with E-state index in [1.807, 2.05) is 19.1 Å². The number of carbonyl (C=O) groups excluding carboxylic acids is 1. The van der Waals surface area contributed by atoms with E-state index in [1.54, 1.807) is 0 Å². The number of benzene rings is 1. The first-order valence-corrected chi connectivity index (χ1v) is 9.30. The highest BCUT2D eigenvalue weighted by atomic mass is 16.5. The lowest BCUT2D eigenvalue weighted by Crippen LogP contribution is -2.14. The van der Waals surface area contributed by atoms with Crippen LogP contribution in [0.1, 0.15) is 83.3 Å². The van der Waals surface area contributed by atoms with Crippen LogP contribution in [0.5, 0.6) is 0 Å². The summed E-state index contributed by atoms with van der Waals surface area (Å²) in [6.45, 7) is 9.15. The van der Waals surface area contributed by atoms with Crippen LogP contribution in [0.2, 0.25) is 0 Å². The maximum atomic E-state index is 12.2. The van der Waals surface area contributed by atoms with E-state index in [0.717, 1.165) is 24.8 Å². The van der Waals surface area contributed by atoms with Crippen LogP contribution in [-0.2, 0) is 16.0 Å². The van der Waals surface area contributed by atoms with Gasteiger partial charge in [-0.05, 0) is 36.8 Å². The summed E-state index contributed by atoms with van der Waals surface area (Å²) in [6.07, 6.45) is 8.31. The Balaban J connectivity index is 2.35.